The van der Waals surface area contributed by atoms with Crippen LogP contribution in [0.4, 0.5) is 5.69 Å². The van der Waals surface area contributed by atoms with Gasteiger partial charge in [-0.1, -0.05) is 72.3 Å². The Morgan fingerprint density at radius 1 is 1.00 bits per heavy atom. The molecule has 2 heterocycles. The van der Waals surface area contributed by atoms with Crippen LogP contribution >= 0.6 is 0 Å². The predicted molar refractivity (Wildman–Crippen MR) is 112 cm³/mol. The zero-order valence-electron chi connectivity index (χ0n) is 15.4. The third kappa shape index (κ3) is 2.89. The Hall–Kier alpha value is -2.75. The van der Waals surface area contributed by atoms with Gasteiger partial charge in [-0.25, -0.2) is 0 Å². The van der Waals surface area contributed by atoms with Crippen LogP contribution in [0.25, 0.3) is 11.1 Å². The van der Waals surface area contributed by atoms with E-state index in [2.05, 4.69) is 102 Å². The second-order valence-electron chi connectivity index (χ2n) is 7.56. The Morgan fingerprint density at radius 3 is 2.70 bits per heavy atom. The minimum Gasteiger partial charge on any atom is -0.299 e. The summed E-state index contributed by atoms with van der Waals surface area (Å²) in [7, 11) is 0. The number of nitrogens with zero attached hydrogens (tertiary/aromatic N) is 1. The lowest BCUT2D eigenvalue weighted by Gasteiger charge is -2.23. The van der Waals surface area contributed by atoms with Crippen molar-refractivity contribution >= 4 is 11.9 Å². The molecule has 2 atom stereocenters. The minimum atomic E-state index is -0.187. The first-order valence-electron chi connectivity index (χ1n) is 9.54. The van der Waals surface area contributed by atoms with E-state index in [0.29, 0.717) is 0 Å². The van der Waals surface area contributed by atoms with Crippen molar-refractivity contribution in [3.05, 3.63) is 89.5 Å². The van der Waals surface area contributed by atoms with E-state index in [4.69, 9.17) is 0 Å². The Kier molecular flexibility index (Phi) is 3.92. The van der Waals surface area contributed by atoms with Crippen molar-refractivity contribution in [3.63, 3.8) is 0 Å². The van der Waals surface area contributed by atoms with Gasteiger partial charge < -0.3 is 0 Å². The van der Waals surface area contributed by atoms with E-state index in [1.807, 2.05) is 0 Å². The van der Waals surface area contributed by atoms with Crippen LogP contribution in [0.2, 0.25) is 0 Å². The first-order valence-corrected chi connectivity index (χ1v) is 9.54. The maximum atomic E-state index is 4.65. The fourth-order valence-corrected chi connectivity index (χ4v) is 4.26. The number of hydrogen-bond acceptors (Lipinski definition) is 3. The topological polar surface area (TPSA) is 36.4 Å². The number of nitrogens with one attached hydrogen (secondary N) is 2. The van der Waals surface area contributed by atoms with Gasteiger partial charge in [0, 0.05) is 24.7 Å². The molecule has 3 aromatic carbocycles. The summed E-state index contributed by atoms with van der Waals surface area (Å²) in [5, 5.41) is 7.49. The largest absolute Gasteiger partial charge is 0.299 e. The summed E-state index contributed by atoms with van der Waals surface area (Å²) in [6, 6.07) is 25.8. The van der Waals surface area contributed by atoms with E-state index >= 15 is 0 Å². The van der Waals surface area contributed by atoms with Crippen LogP contribution in [0.15, 0.2) is 77.8 Å². The van der Waals surface area contributed by atoms with Crippen LogP contribution in [0.5, 0.6) is 0 Å². The molecule has 0 aromatic heterocycles. The van der Waals surface area contributed by atoms with Crippen LogP contribution in [0, 0.1) is 6.92 Å². The SMILES string of the molecule is Cc1ccc2c(c1)[C@]1(C=N2)CN[C@@H](Cc2ccccc2-c2ccccc2)N1. The van der Waals surface area contributed by atoms with Gasteiger partial charge in [0.05, 0.1) is 17.4 Å². The van der Waals surface area contributed by atoms with Crippen molar-refractivity contribution in [2.45, 2.75) is 25.0 Å². The standard InChI is InChI=1S/C24H23N3/c1-17-11-12-22-21(13-17)24(15-25-22)16-26-23(27-24)14-19-9-5-6-10-20(19)18-7-3-2-4-8-18/h2-13,15,23,26-27H,14,16H2,1H3/t23-,24+/m1/s1. The molecule has 2 aliphatic heterocycles. The van der Waals surface area contributed by atoms with Crippen molar-refractivity contribution in [1.82, 2.24) is 10.6 Å². The van der Waals surface area contributed by atoms with Crippen molar-refractivity contribution < 1.29 is 0 Å². The molecule has 3 aromatic rings. The summed E-state index contributed by atoms with van der Waals surface area (Å²) < 4.78 is 0. The molecule has 0 saturated carbocycles. The number of hydrogen-bond donors (Lipinski definition) is 2. The maximum absolute atomic E-state index is 4.65. The van der Waals surface area contributed by atoms with Gasteiger partial charge in [0.2, 0.25) is 0 Å². The first kappa shape index (κ1) is 16.4. The molecule has 0 bridgehead atoms. The van der Waals surface area contributed by atoms with Crippen LogP contribution in [0.1, 0.15) is 16.7 Å². The third-order valence-corrected chi connectivity index (χ3v) is 5.64. The zero-order valence-corrected chi connectivity index (χ0v) is 15.4. The van der Waals surface area contributed by atoms with Crippen molar-refractivity contribution in [3.8, 4) is 11.1 Å². The normalized spacial score (nSPS) is 23.1. The molecular formula is C24H23N3. The molecule has 2 aliphatic rings. The number of fused-ring (bicyclic) bond motifs is 2. The van der Waals surface area contributed by atoms with E-state index in [0.717, 1.165) is 18.7 Å². The zero-order chi connectivity index (χ0) is 18.3. The Balaban J connectivity index is 1.41. The Bertz CT molecular complexity index is 1010. The highest BCUT2D eigenvalue weighted by molar-refractivity contribution is 5.85. The molecule has 0 radical (unpaired) electrons. The van der Waals surface area contributed by atoms with Gasteiger partial charge in [-0.3, -0.25) is 15.6 Å². The van der Waals surface area contributed by atoms with Crippen molar-refractivity contribution in [1.29, 1.82) is 0 Å². The minimum absolute atomic E-state index is 0.187. The highest BCUT2D eigenvalue weighted by Gasteiger charge is 2.42. The smallest absolute Gasteiger partial charge is 0.0953 e. The van der Waals surface area contributed by atoms with Gasteiger partial charge in [0.15, 0.2) is 0 Å². The number of rotatable bonds is 3. The lowest BCUT2D eigenvalue weighted by Crippen LogP contribution is -2.43. The van der Waals surface area contributed by atoms with Gasteiger partial charge in [-0.05, 0) is 29.7 Å². The second-order valence-corrected chi connectivity index (χ2v) is 7.56. The van der Waals surface area contributed by atoms with Crippen LogP contribution in [-0.4, -0.2) is 18.9 Å². The summed E-state index contributed by atoms with van der Waals surface area (Å²) >= 11 is 0. The molecule has 27 heavy (non-hydrogen) atoms. The predicted octanol–water partition coefficient (Wildman–Crippen LogP) is 4.33. The molecule has 0 aliphatic carbocycles. The molecule has 2 N–H and O–H groups in total. The summed E-state index contributed by atoms with van der Waals surface area (Å²) in [5.74, 6) is 0. The average molecular weight is 353 g/mol. The lowest BCUT2D eigenvalue weighted by molar-refractivity contribution is 0.494. The van der Waals surface area contributed by atoms with E-state index < -0.39 is 0 Å². The quantitative estimate of drug-likeness (QED) is 0.735. The average Bonchev–Trinajstić information content (AvgIpc) is 3.27. The number of aryl methyl sites for hydroxylation is 1. The van der Waals surface area contributed by atoms with Gasteiger partial charge >= 0.3 is 0 Å². The number of aliphatic imine (C=N–C) groups is 1. The number of benzene rings is 3. The van der Waals surface area contributed by atoms with Crippen molar-refractivity contribution in [2.75, 3.05) is 6.54 Å². The molecule has 5 rings (SSSR count). The van der Waals surface area contributed by atoms with Gasteiger partial charge in [0.25, 0.3) is 0 Å². The summed E-state index contributed by atoms with van der Waals surface area (Å²) in [6.07, 6.45) is 3.22. The summed E-state index contributed by atoms with van der Waals surface area (Å²) in [6.45, 7) is 3.01. The molecule has 3 nitrogen and oxygen atoms in total. The monoisotopic (exact) mass is 353 g/mol. The highest BCUT2D eigenvalue weighted by Crippen LogP contribution is 2.38. The van der Waals surface area contributed by atoms with Crippen LogP contribution in [-0.2, 0) is 12.0 Å². The maximum Gasteiger partial charge on any atom is 0.0953 e. The van der Waals surface area contributed by atoms with Gasteiger partial charge in [0.1, 0.15) is 0 Å². The molecule has 1 spiro atoms. The molecule has 0 unspecified atom stereocenters. The molecule has 3 heteroatoms. The van der Waals surface area contributed by atoms with E-state index in [1.165, 1.54) is 27.8 Å². The van der Waals surface area contributed by atoms with Crippen LogP contribution < -0.4 is 10.6 Å². The molecule has 134 valence electrons. The summed E-state index contributed by atoms with van der Waals surface area (Å²) in [5.41, 5.74) is 7.38. The van der Waals surface area contributed by atoms with Gasteiger partial charge in [-0.2, -0.15) is 0 Å². The molecular weight excluding hydrogens is 330 g/mol. The molecule has 1 saturated heterocycles. The second kappa shape index (κ2) is 6.45. The lowest BCUT2D eigenvalue weighted by atomic mass is 9.91. The first-order chi connectivity index (χ1) is 13.2. The molecule has 0 amide bonds. The molecule has 1 fully saturated rings. The third-order valence-electron chi connectivity index (χ3n) is 5.64. The van der Waals surface area contributed by atoms with E-state index in [-0.39, 0.29) is 11.7 Å². The van der Waals surface area contributed by atoms with Gasteiger partial charge in [-0.15, -0.1) is 0 Å². The highest BCUT2D eigenvalue weighted by atomic mass is 15.3. The van der Waals surface area contributed by atoms with E-state index in [9.17, 15) is 0 Å². The van der Waals surface area contributed by atoms with Crippen LogP contribution in [0.3, 0.4) is 0 Å². The fraction of sp³-hybridized carbons (Fsp3) is 0.208. The van der Waals surface area contributed by atoms with Crippen molar-refractivity contribution in [2.24, 2.45) is 4.99 Å². The Morgan fingerprint density at radius 2 is 1.81 bits per heavy atom. The Labute approximate surface area is 160 Å². The fourth-order valence-electron chi connectivity index (χ4n) is 4.26. The summed E-state index contributed by atoms with van der Waals surface area (Å²) in [4.78, 5) is 4.65. The van der Waals surface area contributed by atoms with E-state index in [1.54, 1.807) is 0 Å².